The van der Waals surface area contributed by atoms with Crippen LogP contribution in [-0.2, 0) is 0 Å². The van der Waals surface area contributed by atoms with Crippen molar-refractivity contribution in [2.24, 2.45) is 0 Å². The Morgan fingerprint density at radius 1 is 1.58 bits per heavy atom. The highest BCUT2D eigenvalue weighted by atomic mass is 19.3. The van der Waals surface area contributed by atoms with Gasteiger partial charge in [-0.2, -0.15) is 0 Å². The van der Waals surface area contributed by atoms with Gasteiger partial charge < -0.3 is 5.11 Å². The maximum absolute atomic E-state index is 11.9. The Morgan fingerprint density at radius 2 is 2.25 bits per heavy atom. The summed E-state index contributed by atoms with van der Waals surface area (Å²) in [6.45, 7) is 0. The molecule has 1 N–H and O–H groups in total. The summed E-state index contributed by atoms with van der Waals surface area (Å²) in [5.74, 6) is -2.12. The molecule has 0 amide bonds. The minimum Gasteiger partial charge on any atom is -0.477 e. The Bertz CT molecular complexity index is 303. The van der Waals surface area contributed by atoms with Crippen LogP contribution >= 0.6 is 0 Å². The highest BCUT2D eigenvalue weighted by Crippen LogP contribution is 2.12. The van der Waals surface area contributed by atoms with Crippen LogP contribution in [0, 0.1) is 0 Å². The van der Waals surface area contributed by atoms with Crippen molar-refractivity contribution in [2.45, 2.75) is 6.43 Å². The van der Waals surface area contributed by atoms with Crippen molar-refractivity contribution in [3.05, 3.63) is 23.8 Å². The molecule has 0 unspecified atom stereocenters. The predicted octanol–water partition coefficient (Wildman–Crippen LogP) is 1.11. The Labute approximate surface area is 65.9 Å². The fraction of sp³-hybridized carbons (Fsp3) is 0.167. The third-order valence-corrected chi connectivity index (χ3v) is 1.09. The monoisotopic (exact) mass is 174 g/mol. The molecule has 0 aromatic carbocycles. The lowest BCUT2D eigenvalue weighted by atomic mass is 10.4. The van der Waals surface area contributed by atoms with Gasteiger partial charge in [0.15, 0.2) is 11.5 Å². The highest BCUT2D eigenvalue weighted by molar-refractivity contribution is 5.85. The molecule has 0 atom stereocenters. The smallest absolute Gasteiger partial charge is 0.354 e. The summed E-state index contributed by atoms with van der Waals surface area (Å²) in [6.07, 6.45) is -1.86. The standard InChI is InChI=1S/C6H4F2N2O2/c7-4(8)5-9-2-1-3(10-5)6(11)12/h1-2,4H,(H,11,12). The number of alkyl halides is 2. The normalized spacial score (nSPS) is 10.2. The lowest BCUT2D eigenvalue weighted by Gasteiger charge is -1.97. The molecular weight excluding hydrogens is 170 g/mol. The second kappa shape index (κ2) is 3.21. The van der Waals surface area contributed by atoms with Gasteiger partial charge in [0.05, 0.1) is 0 Å². The molecule has 64 valence electrons. The maximum Gasteiger partial charge on any atom is 0.354 e. The molecule has 12 heavy (non-hydrogen) atoms. The molecule has 0 saturated heterocycles. The van der Waals surface area contributed by atoms with E-state index in [0.717, 1.165) is 12.3 Å². The number of nitrogens with zero attached hydrogens (tertiary/aromatic N) is 2. The van der Waals surface area contributed by atoms with Gasteiger partial charge in [0.25, 0.3) is 6.43 Å². The van der Waals surface area contributed by atoms with Crippen LogP contribution in [0.15, 0.2) is 12.3 Å². The summed E-state index contributed by atoms with van der Waals surface area (Å²) in [5, 5.41) is 8.36. The molecular formula is C6H4F2N2O2. The molecule has 4 nitrogen and oxygen atoms in total. The quantitative estimate of drug-likeness (QED) is 0.729. The van der Waals surface area contributed by atoms with Gasteiger partial charge in [-0.25, -0.2) is 23.5 Å². The average molecular weight is 174 g/mol. The van der Waals surface area contributed by atoms with Crippen LogP contribution < -0.4 is 0 Å². The van der Waals surface area contributed by atoms with Crippen molar-refractivity contribution >= 4 is 5.97 Å². The number of aromatic nitrogens is 2. The molecule has 0 saturated carbocycles. The van der Waals surface area contributed by atoms with Crippen molar-refractivity contribution in [1.82, 2.24) is 9.97 Å². The number of carboxylic acids is 1. The minimum absolute atomic E-state index is 0.430. The van der Waals surface area contributed by atoms with Crippen LogP contribution in [-0.4, -0.2) is 21.0 Å². The fourth-order valence-corrected chi connectivity index (χ4v) is 0.598. The van der Waals surface area contributed by atoms with Gasteiger partial charge in [0.1, 0.15) is 0 Å². The molecule has 0 aliphatic rings. The molecule has 0 radical (unpaired) electrons. The van der Waals surface area contributed by atoms with E-state index in [1.165, 1.54) is 0 Å². The van der Waals surface area contributed by atoms with E-state index in [4.69, 9.17) is 5.11 Å². The molecule has 0 bridgehead atoms. The average Bonchev–Trinajstić information content (AvgIpc) is 2.04. The van der Waals surface area contributed by atoms with E-state index in [1.807, 2.05) is 0 Å². The van der Waals surface area contributed by atoms with Crippen LogP contribution in [0.2, 0.25) is 0 Å². The molecule has 0 aliphatic carbocycles. The van der Waals surface area contributed by atoms with Crippen molar-refractivity contribution < 1.29 is 18.7 Å². The van der Waals surface area contributed by atoms with E-state index >= 15 is 0 Å². The summed E-state index contributed by atoms with van der Waals surface area (Å²) >= 11 is 0. The highest BCUT2D eigenvalue weighted by Gasteiger charge is 2.13. The number of carbonyl (C=O) groups is 1. The Balaban J connectivity index is 3.04. The summed E-state index contributed by atoms with van der Waals surface area (Å²) in [6, 6.07) is 1.05. The lowest BCUT2D eigenvalue weighted by molar-refractivity contribution is 0.0688. The van der Waals surface area contributed by atoms with Crippen molar-refractivity contribution in [3.63, 3.8) is 0 Å². The minimum atomic E-state index is -2.84. The number of carboxylic acid groups (broad SMARTS) is 1. The zero-order valence-corrected chi connectivity index (χ0v) is 5.74. The van der Waals surface area contributed by atoms with Gasteiger partial charge in [-0.15, -0.1) is 0 Å². The number of hydrogen-bond acceptors (Lipinski definition) is 3. The third kappa shape index (κ3) is 1.71. The topological polar surface area (TPSA) is 63.1 Å². The Morgan fingerprint density at radius 3 is 2.75 bits per heavy atom. The summed E-state index contributed by atoms with van der Waals surface area (Å²) in [5.41, 5.74) is -0.430. The van der Waals surface area contributed by atoms with Gasteiger partial charge >= 0.3 is 5.97 Å². The van der Waals surface area contributed by atoms with Gasteiger partial charge in [0, 0.05) is 6.20 Å². The van der Waals surface area contributed by atoms with E-state index in [-0.39, 0.29) is 0 Å². The maximum atomic E-state index is 11.9. The number of aromatic carboxylic acids is 1. The van der Waals surface area contributed by atoms with Crippen molar-refractivity contribution in [2.75, 3.05) is 0 Å². The Kier molecular flexibility index (Phi) is 2.27. The first-order chi connectivity index (χ1) is 5.61. The molecule has 1 aromatic rings. The fourth-order valence-electron chi connectivity index (χ4n) is 0.598. The van der Waals surface area contributed by atoms with Gasteiger partial charge in [-0.1, -0.05) is 0 Å². The van der Waals surface area contributed by atoms with Gasteiger partial charge in [-0.05, 0) is 6.07 Å². The van der Waals surface area contributed by atoms with Crippen molar-refractivity contribution in [3.8, 4) is 0 Å². The number of halogens is 2. The van der Waals surface area contributed by atoms with E-state index in [9.17, 15) is 13.6 Å². The van der Waals surface area contributed by atoms with Crippen LogP contribution in [0.25, 0.3) is 0 Å². The number of hydrogen-bond donors (Lipinski definition) is 1. The molecule has 1 aromatic heterocycles. The molecule has 0 spiro atoms. The van der Waals surface area contributed by atoms with Crippen LogP contribution in [0.1, 0.15) is 22.7 Å². The second-order valence-corrected chi connectivity index (χ2v) is 1.91. The van der Waals surface area contributed by atoms with E-state index in [2.05, 4.69) is 9.97 Å². The van der Waals surface area contributed by atoms with Gasteiger partial charge in [0.2, 0.25) is 0 Å². The molecule has 0 fully saturated rings. The SMILES string of the molecule is O=C(O)c1ccnc(C(F)F)n1. The summed E-state index contributed by atoms with van der Waals surface area (Å²) in [4.78, 5) is 16.5. The number of rotatable bonds is 2. The van der Waals surface area contributed by atoms with Crippen LogP contribution in [0.4, 0.5) is 8.78 Å². The van der Waals surface area contributed by atoms with Crippen LogP contribution in [0.3, 0.4) is 0 Å². The van der Waals surface area contributed by atoms with E-state index < -0.39 is 23.9 Å². The molecule has 0 aliphatic heterocycles. The first-order valence-corrected chi connectivity index (χ1v) is 2.95. The zero-order chi connectivity index (χ0) is 9.14. The van der Waals surface area contributed by atoms with Crippen LogP contribution in [0.5, 0.6) is 0 Å². The largest absolute Gasteiger partial charge is 0.477 e. The van der Waals surface area contributed by atoms with Gasteiger partial charge in [-0.3, -0.25) is 0 Å². The zero-order valence-electron chi connectivity index (χ0n) is 5.74. The second-order valence-electron chi connectivity index (χ2n) is 1.91. The first-order valence-electron chi connectivity index (χ1n) is 2.95. The molecule has 1 heterocycles. The predicted molar refractivity (Wildman–Crippen MR) is 33.9 cm³/mol. The van der Waals surface area contributed by atoms with E-state index in [1.54, 1.807) is 0 Å². The molecule has 1 rings (SSSR count). The van der Waals surface area contributed by atoms with Crippen molar-refractivity contribution in [1.29, 1.82) is 0 Å². The first kappa shape index (κ1) is 8.51. The Hall–Kier alpha value is -1.59. The molecule has 6 heteroatoms. The summed E-state index contributed by atoms with van der Waals surface area (Å²) in [7, 11) is 0. The third-order valence-electron chi connectivity index (χ3n) is 1.09. The summed E-state index contributed by atoms with van der Waals surface area (Å²) < 4.78 is 23.8. The lowest BCUT2D eigenvalue weighted by Crippen LogP contribution is -2.04. The van der Waals surface area contributed by atoms with E-state index in [0.29, 0.717) is 0 Å².